The van der Waals surface area contributed by atoms with Crippen molar-refractivity contribution < 1.29 is 14.4 Å². The summed E-state index contributed by atoms with van der Waals surface area (Å²) in [4.78, 5) is 12.6. The van der Waals surface area contributed by atoms with Crippen LogP contribution in [-0.4, -0.2) is 20.9 Å². The first kappa shape index (κ1) is 17.4. The summed E-state index contributed by atoms with van der Waals surface area (Å²) in [5.41, 5.74) is 5.48. The second kappa shape index (κ2) is 6.32. The molecule has 0 bridgehead atoms. The Kier molecular flexibility index (Phi) is 4.08. The number of hydrogen-bond donors (Lipinski definition) is 2. The molecular formula is C21H20FN3O2. The predicted octanol–water partition coefficient (Wildman–Crippen LogP) is 3.17. The van der Waals surface area contributed by atoms with Crippen LogP contribution in [0.25, 0.3) is 5.69 Å². The van der Waals surface area contributed by atoms with Gasteiger partial charge in [-0.25, -0.2) is 14.6 Å². The second-order valence-electron chi connectivity index (χ2n) is 7.17. The smallest absolute Gasteiger partial charge is 0.254 e. The molecule has 0 spiro atoms. The molecule has 0 saturated heterocycles. The van der Waals surface area contributed by atoms with Gasteiger partial charge in [-0.3, -0.25) is 10.0 Å². The molecule has 1 amide bonds. The average Bonchev–Trinajstić information content (AvgIpc) is 3.20. The number of aromatic nitrogens is 2. The summed E-state index contributed by atoms with van der Waals surface area (Å²) in [6.07, 6.45) is 2.56. The Bertz CT molecular complexity index is 1020. The molecule has 1 aliphatic carbocycles. The van der Waals surface area contributed by atoms with Crippen LogP contribution in [0.4, 0.5) is 4.39 Å². The zero-order chi connectivity index (χ0) is 19.2. The third kappa shape index (κ3) is 2.73. The summed E-state index contributed by atoms with van der Waals surface area (Å²) in [7, 11) is 0. The first-order valence-corrected chi connectivity index (χ1v) is 8.79. The van der Waals surface area contributed by atoms with Gasteiger partial charge in [0.15, 0.2) is 0 Å². The molecule has 0 unspecified atom stereocenters. The molecule has 2 N–H and O–H groups in total. The zero-order valence-electron chi connectivity index (χ0n) is 15.2. The minimum Gasteiger partial charge on any atom is -0.289 e. The van der Waals surface area contributed by atoms with Crippen molar-refractivity contribution in [2.24, 2.45) is 0 Å². The number of nitrogens with zero attached hydrogens (tertiary/aromatic N) is 2. The number of amides is 1. The maximum Gasteiger partial charge on any atom is 0.254 e. The van der Waals surface area contributed by atoms with Crippen molar-refractivity contribution in [2.45, 2.75) is 32.1 Å². The van der Waals surface area contributed by atoms with Crippen LogP contribution in [0.2, 0.25) is 0 Å². The number of nitrogens with one attached hydrogen (secondary N) is 1. The van der Waals surface area contributed by atoms with Crippen LogP contribution < -0.4 is 5.48 Å². The Labute approximate surface area is 156 Å². The first-order chi connectivity index (χ1) is 12.9. The van der Waals surface area contributed by atoms with Crippen LogP contribution in [0.5, 0.6) is 0 Å². The fourth-order valence-corrected chi connectivity index (χ4v) is 4.02. The highest BCUT2D eigenvalue weighted by Gasteiger charge is 2.48. The highest BCUT2D eigenvalue weighted by atomic mass is 19.1. The van der Waals surface area contributed by atoms with Crippen LogP contribution in [0.1, 0.15) is 27.9 Å². The Morgan fingerprint density at radius 2 is 2.00 bits per heavy atom. The Morgan fingerprint density at radius 3 is 2.70 bits per heavy atom. The quantitative estimate of drug-likeness (QED) is 0.553. The highest BCUT2D eigenvalue weighted by Crippen LogP contribution is 2.41. The lowest BCUT2D eigenvalue weighted by Gasteiger charge is -2.28. The Balaban J connectivity index is 1.77. The molecule has 0 aliphatic heterocycles. The van der Waals surface area contributed by atoms with E-state index in [-0.39, 0.29) is 5.82 Å². The van der Waals surface area contributed by atoms with Gasteiger partial charge in [-0.2, -0.15) is 5.10 Å². The van der Waals surface area contributed by atoms with E-state index in [1.165, 1.54) is 6.07 Å². The molecular weight excluding hydrogens is 345 g/mol. The fraction of sp³-hybridized carbons (Fsp3) is 0.238. The van der Waals surface area contributed by atoms with E-state index < -0.39 is 11.3 Å². The van der Waals surface area contributed by atoms with Crippen LogP contribution in [0.15, 0.2) is 48.7 Å². The molecule has 0 radical (unpaired) electrons. The van der Waals surface area contributed by atoms with Gasteiger partial charge in [-0.15, -0.1) is 0 Å². The maximum absolute atomic E-state index is 14.1. The number of halogens is 1. The Hall–Kier alpha value is -2.99. The molecule has 2 aromatic carbocycles. The van der Waals surface area contributed by atoms with E-state index in [9.17, 15) is 14.4 Å². The molecule has 0 fully saturated rings. The summed E-state index contributed by atoms with van der Waals surface area (Å²) in [6, 6.07) is 12.7. The van der Waals surface area contributed by atoms with Gasteiger partial charge in [-0.1, -0.05) is 24.3 Å². The fourth-order valence-electron chi connectivity index (χ4n) is 4.02. The molecule has 5 nitrogen and oxygen atoms in total. The minimum absolute atomic E-state index is 0.303. The lowest BCUT2D eigenvalue weighted by molar-refractivity contribution is -0.135. The van der Waals surface area contributed by atoms with Crippen LogP contribution in [-0.2, 0) is 23.1 Å². The van der Waals surface area contributed by atoms with E-state index in [0.717, 1.165) is 22.5 Å². The van der Waals surface area contributed by atoms with Gasteiger partial charge in [0.25, 0.3) is 5.91 Å². The third-order valence-corrected chi connectivity index (χ3v) is 5.42. The number of carbonyl (C=O) groups excluding carboxylic acids is 1. The molecule has 3 aromatic rings. The van der Waals surface area contributed by atoms with E-state index in [1.807, 2.05) is 37.4 Å². The zero-order valence-corrected chi connectivity index (χ0v) is 15.2. The molecule has 1 atom stereocenters. The summed E-state index contributed by atoms with van der Waals surface area (Å²) < 4.78 is 15.9. The molecule has 1 aliphatic rings. The van der Waals surface area contributed by atoms with E-state index >= 15 is 0 Å². The van der Waals surface area contributed by atoms with Crippen LogP contribution in [0, 0.1) is 19.7 Å². The highest BCUT2D eigenvalue weighted by molar-refractivity contribution is 5.89. The maximum atomic E-state index is 14.1. The number of hydrogen-bond acceptors (Lipinski definition) is 3. The van der Waals surface area contributed by atoms with E-state index in [0.29, 0.717) is 24.0 Å². The van der Waals surface area contributed by atoms with Gasteiger partial charge in [0.05, 0.1) is 16.8 Å². The van der Waals surface area contributed by atoms with Crippen molar-refractivity contribution in [3.05, 3.63) is 82.4 Å². The van der Waals surface area contributed by atoms with Crippen molar-refractivity contribution >= 4 is 5.91 Å². The summed E-state index contributed by atoms with van der Waals surface area (Å²) in [6.45, 7) is 3.67. The van der Waals surface area contributed by atoms with Gasteiger partial charge in [0.1, 0.15) is 5.82 Å². The number of benzene rings is 2. The molecule has 6 heteroatoms. The van der Waals surface area contributed by atoms with Crippen molar-refractivity contribution in [3.8, 4) is 5.69 Å². The van der Waals surface area contributed by atoms with E-state index in [1.54, 1.807) is 29.2 Å². The largest absolute Gasteiger partial charge is 0.289 e. The number of fused-ring (bicyclic) bond motifs is 1. The summed E-state index contributed by atoms with van der Waals surface area (Å²) >= 11 is 0. The number of rotatable bonds is 3. The number of hydroxylamine groups is 1. The summed E-state index contributed by atoms with van der Waals surface area (Å²) in [5.74, 6) is -0.914. The van der Waals surface area contributed by atoms with Gasteiger partial charge >= 0.3 is 0 Å². The molecule has 0 saturated carbocycles. The van der Waals surface area contributed by atoms with Crippen molar-refractivity contribution in [3.63, 3.8) is 0 Å². The third-order valence-electron chi connectivity index (χ3n) is 5.42. The molecule has 138 valence electrons. The van der Waals surface area contributed by atoms with Crippen molar-refractivity contribution in [1.29, 1.82) is 0 Å². The lowest BCUT2D eigenvalue weighted by Crippen LogP contribution is -2.45. The van der Waals surface area contributed by atoms with Crippen LogP contribution in [0.3, 0.4) is 0 Å². The van der Waals surface area contributed by atoms with Gasteiger partial charge in [-0.05, 0) is 60.7 Å². The standard InChI is InChI=1S/C21H20FN3O2/c1-13-5-3-6-16(9-13)25-12-15-10-21(20(26)24-27,11-19(15)23-25)17-7-4-8-18(22)14(17)2/h3-9,12,27H,10-11H2,1-2H3,(H,24,26)/t21-/m0/s1. The molecule has 1 heterocycles. The Morgan fingerprint density at radius 1 is 1.22 bits per heavy atom. The van der Waals surface area contributed by atoms with Crippen molar-refractivity contribution in [2.75, 3.05) is 0 Å². The number of carbonyl (C=O) groups is 1. The SMILES string of the molecule is Cc1cccc(-n2cc3c(n2)C[C@](C(=O)NO)(c2cccc(F)c2C)C3)c1. The molecule has 1 aromatic heterocycles. The lowest BCUT2D eigenvalue weighted by atomic mass is 9.75. The second-order valence-corrected chi connectivity index (χ2v) is 7.17. The monoisotopic (exact) mass is 365 g/mol. The normalized spacial score (nSPS) is 18.4. The average molecular weight is 365 g/mol. The molecule has 4 rings (SSSR count). The number of aryl methyl sites for hydroxylation is 1. The van der Waals surface area contributed by atoms with Gasteiger partial charge in [0.2, 0.25) is 0 Å². The van der Waals surface area contributed by atoms with Crippen LogP contribution >= 0.6 is 0 Å². The molecule has 27 heavy (non-hydrogen) atoms. The van der Waals surface area contributed by atoms with E-state index in [4.69, 9.17) is 0 Å². The summed E-state index contributed by atoms with van der Waals surface area (Å²) in [5, 5.41) is 14.0. The first-order valence-electron chi connectivity index (χ1n) is 8.79. The topological polar surface area (TPSA) is 67.2 Å². The van der Waals surface area contributed by atoms with E-state index in [2.05, 4.69) is 5.10 Å². The van der Waals surface area contributed by atoms with Crippen molar-refractivity contribution in [1.82, 2.24) is 15.3 Å². The van der Waals surface area contributed by atoms with Gasteiger partial charge < -0.3 is 0 Å². The minimum atomic E-state index is -1.07. The van der Waals surface area contributed by atoms with Gasteiger partial charge in [0, 0.05) is 12.6 Å². The predicted molar refractivity (Wildman–Crippen MR) is 98.5 cm³/mol.